The van der Waals surface area contributed by atoms with Crippen LogP contribution in [0.4, 0.5) is 0 Å². The molecule has 0 aliphatic carbocycles. The molecule has 2 aromatic rings. The van der Waals surface area contributed by atoms with Gasteiger partial charge in [-0.3, -0.25) is 0 Å². The van der Waals surface area contributed by atoms with E-state index in [9.17, 15) is 0 Å². The van der Waals surface area contributed by atoms with Gasteiger partial charge in [-0.1, -0.05) is 12.1 Å². The molecule has 0 atom stereocenters. The number of rotatable bonds is 2. The standard InChI is InChI=1S/C10H8BrClN2/c11-9-6-13-14(7-9)10-3-1-8(5-12)2-4-10/h1-4,6-7H,5H2. The Balaban J connectivity index is 2.33. The lowest BCUT2D eigenvalue weighted by molar-refractivity contribution is 0.880. The fourth-order valence-electron chi connectivity index (χ4n) is 1.18. The van der Waals surface area contributed by atoms with Crippen LogP contribution in [0.25, 0.3) is 5.69 Å². The van der Waals surface area contributed by atoms with Gasteiger partial charge >= 0.3 is 0 Å². The summed E-state index contributed by atoms with van der Waals surface area (Å²) >= 11 is 9.05. The monoisotopic (exact) mass is 270 g/mol. The molecule has 0 saturated heterocycles. The molecule has 0 N–H and O–H groups in total. The number of benzene rings is 1. The van der Waals surface area contributed by atoms with Crippen LogP contribution in [0.5, 0.6) is 0 Å². The summed E-state index contributed by atoms with van der Waals surface area (Å²) in [6.45, 7) is 0. The highest BCUT2D eigenvalue weighted by molar-refractivity contribution is 9.10. The molecule has 1 heterocycles. The third kappa shape index (κ3) is 1.99. The van der Waals surface area contributed by atoms with Gasteiger partial charge in [0.05, 0.1) is 16.4 Å². The molecule has 0 bridgehead atoms. The Morgan fingerprint density at radius 1 is 1.29 bits per heavy atom. The van der Waals surface area contributed by atoms with Crippen LogP contribution in [-0.4, -0.2) is 9.78 Å². The number of halogens is 2. The zero-order valence-corrected chi connectivity index (χ0v) is 9.66. The molecule has 0 fully saturated rings. The Hall–Kier alpha value is -0.800. The van der Waals surface area contributed by atoms with Crippen LogP contribution in [0.15, 0.2) is 41.1 Å². The maximum absolute atomic E-state index is 5.70. The number of alkyl halides is 1. The summed E-state index contributed by atoms with van der Waals surface area (Å²) in [5.41, 5.74) is 2.14. The second-order valence-electron chi connectivity index (χ2n) is 2.90. The molecule has 2 nitrogen and oxygen atoms in total. The summed E-state index contributed by atoms with van der Waals surface area (Å²) in [6, 6.07) is 7.99. The minimum atomic E-state index is 0.545. The SMILES string of the molecule is ClCc1ccc(-n2cc(Br)cn2)cc1. The summed E-state index contributed by atoms with van der Waals surface area (Å²) in [6.07, 6.45) is 3.67. The zero-order chi connectivity index (χ0) is 9.97. The highest BCUT2D eigenvalue weighted by Gasteiger charge is 1.98. The number of hydrogen-bond acceptors (Lipinski definition) is 1. The summed E-state index contributed by atoms with van der Waals surface area (Å²) in [5, 5.41) is 4.18. The predicted molar refractivity (Wildman–Crippen MR) is 60.8 cm³/mol. The van der Waals surface area contributed by atoms with Gasteiger partial charge in [0.2, 0.25) is 0 Å². The van der Waals surface area contributed by atoms with Crippen LogP contribution in [0, 0.1) is 0 Å². The minimum Gasteiger partial charge on any atom is -0.240 e. The topological polar surface area (TPSA) is 17.8 Å². The predicted octanol–water partition coefficient (Wildman–Crippen LogP) is 3.37. The normalized spacial score (nSPS) is 10.4. The van der Waals surface area contributed by atoms with Crippen molar-refractivity contribution in [3.63, 3.8) is 0 Å². The second-order valence-corrected chi connectivity index (χ2v) is 4.09. The lowest BCUT2D eigenvalue weighted by Gasteiger charge is -2.01. The van der Waals surface area contributed by atoms with Crippen LogP contribution < -0.4 is 0 Å². The lowest BCUT2D eigenvalue weighted by Crippen LogP contribution is -1.93. The van der Waals surface area contributed by atoms with Gasteiger partial charge in [-0.05, 0) is 33.6 Å². The van der Waals surface area contributed by atoms with Gasteiger partial charge in [-0.25, -0.2) is 4.68 Å². The van der Waals surface area contributed by atoms with Gasteiger partial charge in [0.1, 0.15) is 0 Å². The molecule has 0 radical (unpaired) electrons. The van der Waals surface area contributed by atoms with Crippen LogP contribution in [0.2, 0.25) is 0 Å². The van der Waals surface area contributed by atoms with Gasteiger partial charge in [-0.2, -0.15) is 5.10 Å². The fourth-order valence-corrected chi connectivity index (χ4v) is 1.64. The van der Waals surface area contributed by atoms with Crippen molar-refractivity contribution in [3.05, 3.63) is 46.7 Å². The van der Waals surface area contributed by atoms with Crippen molar-refractivity contribution in [3.8, 4) is 5.69 Å². The van der Waals surface area contributed by atoms with E-state index in [2.05, 4.69) is 21.0 Å². The van der Waals surface area contributed by atoms with E-state index < -0.39 is 0 Å². The van der Waals surface area contributed by atoms with Crippen molar-refractivity contribution in [1.29, 1.82) is 0 Å². The molecule has 0 saturated carbocycles. The molecule has 4 heteroatoms. The van der Waals surface area contributed by atoms with E-state index in [0.29, 0.717) is 5.88 Å². The Bertz CT molecular complexity index is 422. The zero-order valence-electron chi connectivity index (χ0n) is 7.32. The molecule has 0 aliphatic heterocycles. The van der Waals surface area contributed by atoms with Crippen LogP contribution >= 0.6 is 27.5 Å². The van der Waals surface area contributed by atoms with E-state index in [1.54, 1.807) is 6.20 Å². The Morgan fingerprint density at radius 2 is 2.00 bits per heavy atom. The average molecular weight is 272 g/mol. The molecule has 2 rings (SSSR count). The fraction of sp³-hybridized carbons (Fsp3) is 0.100. The molecule has 14 heavy (non-hydrogen) atoms. The highest BCUT2D eigenvalue weighted by atomic mass is 79.9. The van der Waals surface area contributed by atoms with Crippen molar-refractivity contribution >= 4 is 27.5 Å². The minimum absolute atomic E-state index is 0.545. The molecule has 1 aromatic heterocycles. The molecule has 0 unspecified atom stereocenters. The largest absolute Gasteiger partial charge is 0.240 e. The Kier molecular flexibility index (Phi) is 2.89. The molecular formula is C10H8BrClN2. The summed E-state index contributed by atoms with van der Waals surface area (Å²) < 4.78 is 2.78. The molecule has 0 spiro atoms. The quantitative estimate of drug-likeness (QED) is 0.766. The Morgan fingerprint density at radius 3 is 2.50 bits per heavy atom. The van der Waals surface area contributed by atoms with E-state index in [-0.39, 0.29) is 0 Å². The highest BCUT2D eigenvalue weighted by Crippen LogP contribution is 2.13. The van der Waals surface area contributed by atoms with E-state index in [1.807, 2.05) is 35.1 Å². The number of aromatic nitrogens is 2. The van der Waals surface area contributed by atoms with Gasteiger partial charge < -0.3 is 0 Å². The van der Waals surface area contributed by atoms with E-state index >= 15 is 0 Å². The van der Waals surface area contributed by atoms with Gasteiger partial charge in [0.25, 0.3) is 0 Å². The molecular weight excluding hydrogens is 263 g/mol. The first-order valence-electron chi connectivity index (χ1n) is 4.15. The van der Waals surface area contributed by atoms with Crippen LogP contribution in [-0.2, 0) is 5.88 Å². The van der Waals surface area contributed by atoms with Crippen molar-refractivity contribution in [2.75, 3.05) is 0 Å². The smallest absolute Gasteiger partial charge is 0.0646 e. The van der Waals surface area contributed by atoms with Crippen molar-refractivity contribution in [1.82, 2.24) is 9.78 Å². The van der Waals surface area contributed by atoms with Crippen molar-refractivity contribution < 1.29 is 0 Å². The third-order valence-corrected chi connectivity index (χ3v) is 2.62. The maximum atomic E-state index is 5.70. The van der Waals surface area contributed by atoms with Gasteiger partial charge in [-0.15, -0.1) is 11.6 Å². The maximum Gasteiger partial charge on any atom is 0.0646 e. The Labute approximate surface area is 95.6 Å². The molecule has 0 amide bonds. The van der Waals surface area contributed by atoms with Crippen LogP contribution in [0.1, 0.15) is 5.56 Å². The van der Waals surface area contributed by atoms with Crippen LogP contribution in [0.3, 0.4) is 0 Å². The third-order valence-electron chi connectivity index (χ3n) is 1.91. The average Bonchev–Trinajstić information content (AvgIpc) is 2.65. The molecule has 0 aliphatic rings. The van der Waals surface area contributed by atoms with E-state index in [1.165, 1.54) is 0 Å². The van der Waals surface area contributed by atoms with E-state index in [0.717, 1.165) is 15.7 Å². The number of hydrogen-bond donors (Lipinski definition) is 0. The molecule has 72 valence electrons. The van der Waals surface area contributed by atoms with E-state index in [4.69, 9.17) is 11.6 Å². The first kappa shape index (κ1) is 9.74. The summed E-state index contributed by atoms with van der Waals surface area (Å²) in [7, 11) is 0. The van der Waals surface area contributed by atoms with Crippen molar-refractivity contribution in [2.45, 2.75) is 5.88 Å². The lowest BCUT2D eigenvalue weighted by atomic mass is 10.2. The van der Waals surface area contributed by atoms with Gasteiger partial charge in [0, 0.05) is 12.1 Å². The second kappa shape index (κ2) is 4.15. The first-order chi connectivity index (χ1) is 6.79. The van der Waals surface area contributed by atoms with Crippen molar-refractivity contribution in [2.24, 2.45) is 0 Å². The summed E-state index contributed by atoms with van der Waals surface area (Å²) in [5.74, 6) is 0.545. The van der Waals surface area contributed by atoms with Gasteiger partial charge in [0.15, 0.2) is 0 Å². The number of nitrogens with zero attached hydrogens (tertiary/aromatic N) is 2. The molecule has 1 aromatic carbocycles. The first-order valence-corrected chi connectivity index (χ1v) is 5.48. The summed E-state index contributed by atoms with van der Waals surface area (Å²) in [4.78, 5) is 0.